The summed E-state index contributed by atoms with van der Waals surface area (Å²) in [5, 5.41) is 0. The van der Waals surface area contributed by atoms with Crippen LogP contribution in [0.5, 0.6) is 5.75 Å². The molecule has 3 aliphatic rings. The van der Waals surface area contributed by atoms with Gasteiger partial charge in [0.1, 0.15) is 12.4 Å². The van der Waals surface area contributed by atoms with Crippen molar-refractivity contribution >= 4 is 0 Å². The zero-order chi connectivity index (χ0) is 18.8. The molecule has 0 bridgehead atoms. The van der Waals surface area contributed by atoms with Crippen LogP contribution in [0, 0.1) is 0 Å². The fourth-order valence-corrected chi connectivity index (χ4v) is 5.18. The summed E-state index contributed by atoms with van der Waals surface area (Å²) >= 11 is 0. The monoisotopic (exact) mass is 377 g/mol. The molecule has 0 N–H and O–H groups in total. The highest BCUT2D eigenvalue weighted by Crippen LogP contribution is 2.42. The van der Waals surface area contributed by atoms with E-state index in [1.165, 1.54) is 75.8 Å². The van der Waals surface area contributed by atoms with E-state index in [2.05, 4.69) is 39.0 Å². The first-order valence-electron chi connectivity index (χ1n) is 11.1. The van der Waals surface area contributed by atoms with Gasteiger partial charge in [-0.05, 0) is 100 Å². The Labute approximate surface area is 168 Å². The van der Waals surface area contributed by atoms with E-state index in [9.17, 15) is 0 Å². The Bertz CT molecular complexity index is 795. The molecule has 1 aromatic carbocycles. The number of ether oxygens (including phenoxy) is 1. The molecule has 3 heterocycles. The summed E-state index contributed by atoms with van der Waals surface area (Å²) in [6, 6.07) is 11.4. The molecule has 1 unspecified atom stereocenters. The molecule has 2 saturated heterocycles. The van der Waals surface area contributed by atoms with Crippen LogP contribution in [0.1, 0.15) is 49.3 Å². The summed E-state index contributed by atoms with van der Waals surface area (Å²) in [6.45, 7) is 6.72. The maximum Gasteiger partial charge on any atom is 0.129 e. The van der Waals surface area contributed by atoms with Crippen molar-refractivity contribution < 1.29 is 4.74 Å². The van der Waals surface area contributed by atoms with Gasteiger partial charge in [0, 0.05) is 24.3 Å². The highest BCUT2D eigenvalue weighted by molar-refractivity contribution is 5.70. The average Bonchev–Trinajstić information content (AvgIpc) is 3.49. The lowest BCUT2D eigenvalue weighted by molar-refractivity contribution is 0.238. The number of hydrogen-bond acceptors (Lipinski definition) is 4. The minimum absolute atomic E-state index is 0.582. The molecular weight excluding hydrogens is 346 g/mol. The molecule has 1 aromatic heterocycles. The Morgan fingerprint density at radius 3 is 2.61 bits per heavy atom. The van der Waals surface area contributed by atoms with Crippen molar-refractivity contribution in [3.63, 3.8) is 0 Å². The number of nitrogens with zero attached hydrogens (tertiary/aromatic N) is 3. The number of likely N-dealkylation sites (tertiary alicyclic amines) is 2. The number of aromatic nitrogens is 1. The molecular formula is C24H31N3O. The summed E-state index contributed by atoms with van der Waals surface area (Å²) in [5.74, 6) is 1.01. The van der Waals surface area contributed by atoms with Gasteiger partial charge in [0.05, 0.1) is 5.69 Å². The molecule has 2 aromatic rings. The van der Waals surface area contributed by atoms with Gasteiger partial charge >= 0.3 is 0 Å². The zero-order valence-corrected chi connectivity index (χ0v) is 16.8. The van der Waals surface area contributed by atoms with E-state index in [0.717, 1.165) is 30.2 Å². The lowest BCUT2D eigenvalue weighted by Crippen LogP contribution is -2.25. The first-order chi connectivity index (χ1) is 13.9. The van der Waals surface area contributed by atoms with Crippen LogP contribution in [0.3, 0.4) is 0 Å². The van der Waals surface area contributed by atoms with E-state index in [4.69, 9.17) is 4.74 Å². The van der Waals surface area contributed by atoms with E-state index in [1.54, 1.807) is 0 Å². The summed E-state index contributed by atoms with van der Waals surface area (Å²) < 4.78 is 6.34. The van der Waals surface area contributed by atoms with Gasteiger partial charge in [-0.2, -0.15) is 0 Å². The largest absolute Gasteiger partial charge is 0.492 e. The number of pyridine rings is 1. The van der Waals surface area contributed by atoms with Gasteiger partial charge in [-0.15, -0.1) is 0 Å². The number of aryl methyl sites for hydroxylation is 1. The lowest BCUT2D eigenvalue weighted by Gasteiger charge is -2.25. The first kappa shape index (κ1) is 18.1. The highest BCUT2D eigenvalue weighted by atomic mass is 16.5. The molecule has 5 rings (SSSR count). The van der Waals surface area contributed by atoms with Gasteiger partial charge in [0.2, 0.25) is 0 Å². The smallest absolute Gasteiger partial charge is 0.129 e. The average molecular weight is 378 g/mol. The molecule has 28 heavy (non-hydrogen) atoms. The molecule has 0 amide bonds. The van der Waals surface area contributed by atoms with Gasteiger partial charge in [-0.3, -0.25) is 14.8 Å². The minimum atomic E-state index is 0.582. The lowest BCUT2D eigenvalue weighted by atomic mass is 10.00. The standard InChI is InChI=1S/C24H31N3O/c1-2-10-25-22(7-1)21-18-20-19(8-9-23(20)27-13-5-6-14-27)17-24(21)28-16-15-26-11-3-4-12-26/h1-2,7,10,17-18,23H,3-6,8-9,11-16H2. The number of benzene rings is 1. The number of hydrogen-bond donors (Lipinski definition) is 0. The minimum Gasteiger partial charge on any atom is -0.492 e. The van der Waals surface area contributed by atoms with Crippen molar-refractivity contribution in [1.82, 2.24) is 14.8 Å². The third kappa shape index (κ3) is 3.68. The van der Waals surface area contributed by atoms with E-state index in [1.807, 2.05) is 12.3 Å². The van der Waals surface area contributed by atoms with E-state index in [0.29, 0.717) is 6.04 Å². The van der Waals surface area contributed by atoms with Gasteiger partial charge in [0.15, 0.2) is 0 Å². The quantitative estimate of drug-likeness (QED) is 0.750. The highest BCUT2D eigenvalue weighted by Gasteiger charge is 2.31. The third-order valence-corrected chi connectivity index (χ3v) is 6.67. The van der Waals surface area contributed by atoms with Crippen LogP contribution in [0.25, 0.3) is 11.3 Å². The molecule has 0 saturated carbocycles. The van der Waals surface area contributed by atoms with Crippen LogP contribution < -0.4 is 4.74 Å². The van der Waals surface area contributed by atoms with Crippen molar-refractivity contribution in [3.8, 4) is 17.0 Å². The van der Waals surface area contributed by atoms with Crippen molar-refractivity contribution in [2.24, 2.45) is 0 Å². The molecule has 4 heteroatoms. The Hall–Kier alpha value is -1.91. The maximum atomic E-state index is 6.34. The Morgan fingerprint density at radius 2 is 1.82 bits per heavy atom. The van der Waals surface area contributed by atoms with Crippen LogP contribution >= 0.6 is 0 Å². The van der Waals surface area contributed by atoms with Crippen molar-refractivity contribution in [1.29, 1.82) is 0 Å². The molecule has 4 nitrogen and oxygen atoms in total. The van der Waals surface area contributed by atoms with E-state index in [-0.39, 0.29) is 0 Å². The third-order valence-electron chi connectivity index (χ3n) is 6.67. The Morgan fingerprint density at radius 1 is 1.00 bits per heavy atom. The molecule has 1 aliphatic carbocycles. The van der Waals surface area contributed by atoms with Gasteiger partial charge in [-0.25, -0.2) is 0 Å². The van der Waals surface area contributed by atoms with Crippen molar-refractivity contribution in [3.05, 3.63) is 47.7 Å². The zero-order valence-electron chi connectivity index (χ0n) is 16.8. The second kappa shape index (κ2) is 8.22. The second-order valence-electron chi connectivity index (χ2n) is 8.46. The Balaban J connectivity index is 1.42. The fraction of sp³-hybridized carbons (Fsp3) is 0.542. The predicted molar refractivity (Wildman–Crippen MR) is 113 cm³/mol. The van der Waals surface area contributed by atoms with Gasteiger partial charge in [0.25, 0.3) is 0 Å². The summed E-state index contributed by atoms with van der Waals surface area (Å²) in [6.07, 6.45) is 9.64. The van der Waals surface area contributed by atoms with Gasteiger partial charge < -0.3 is 4.74 Å². The van der Waals surface area contributed by atoms with Gasteiger partial charge in [-0.1, -0.05) is 6.07 Å². The van der Waals surface area contributed by atoms with Crippen LogP contribution in [-0.4, -0.2) is 54.1 Å². The second-order valence-corrected chi connectivity index (χ2v) is 8.46. The predicted octanol–water partition coefficient (Wildman–Crippen LogP) is 4.31. The van der Waals surface area contributed by atoms with Crippen molar-refractivity contribution in [2.45, 2.75) is 44.6 Å². The molecule has 148 valence electrons. The molecule has 2 aliphatic heterocycles. The van der Waals surface area contributed by atoms with Crippen molar-refractivity contribution in [2.75, 3.05) is 39.3 Å². The SMILES string of the molecule is c1ccc(-c2cc3c(cc2OCCN2CCCC2)CCC3N2CCCC2)nc1. The van der Waals surface area contributed by atoms with Crippen LogP contribution in [0.4, 0.5) is 0 Å². The van der Waals surface area contributed by atoms with Crippen LogP contribution in [0.2, 0.25) is 0 Å². The first-order valence-corrected chi connectivity index (χ1v) is 11.1. The van der Waals surface area contributed by atoms with Crippen LogP contribution in [-0.2, 0) is 6.42 Å². The Kier molecular flexibility index (Phi) is 5.32. The number of fused-ring (bicyclic) bond motifs is 1. The van der Waals surface area contributed by atoms with Crippen LogP contribution in [0.15, 0.2) is 36.5 Å². The van der Waals surface area contributed by atoms with E-state index >= 15 is 0 Å². The summed E-state index contributed by atoms with van der Waals surface area (Å²) in [4.78, 5) is 9.83. The topological polar surface area (TPSA) is 28.6 Å². The summed E-state index contributed by atoms with van der Waals surface area (Å²) in [7, 11) is 0. The normalized spacial score (nSPS) is 22.6. The summed E-state index contributed by atoms with van der Waals surface area (Å²) in [5.41, 5.74) is 5.17. The molecule has 1 atom stereocenters. The fourth-order valence-electron chi connectivity index (χ4n) is 5.18. The maximum absolute atomic E-state index is 6.34. The van der Waals surface area contributed by atoms with E-state index < -0.39 is 0 Å². The number of rotatable bonds is 6. The molecule has 2 fully saturated rings. The molecule has 0 spiro atoms. The molecule has 0 radical (unpaired) electrons.